The lowest BCUT2D eigenvalue weighted by molar-refractivity contribution is 0.0971. The first-order valence-corrected chi connectivity index (χ1v) is 4.83. The molecule has 1 aromatic rings. The maximum absolute atomic E-state index is 11.3. The van der Waals surface area contributed by atoms with Crippen LogP contribution < -0.4 is 5.73 Å². The quantitative estimate of drug-likeness (QED) is 0.795. The summed E-state index contributed by atoms with van der Waals surface area (Å²) < 4.78 is 0.838. The maximum Gasteiger partial charge on any atom is 0.190 e. The average Bonchev–Trinajstić information content (AvgIpc) is 2.33. The van der Waals surface area contributed by atoms with Crippen molar-refractivity contribution in [3.8, 4) is 0 Å². The summed E-state index contributed by atoms with van der Waals surface area (Å²) in [5, 5.41) is 1.86. The van der Waals surface area contributed by atoms with Gasteiger partial charge in [0.05, 0.1) is 10.9 Å². The van der Waals surface area contributed by atoms with Gasteiger partial charge in [0, 0.05) is 4.47 Å². The van der Waals surface area contributed by atoms with Crippen molar-refractivity contribution in [1.29, 1.82) is 0 Å². The van der Waals surface area contributed by atoms with Crippen molar-refractivity contribution in [3.63, 3.8) is 0 Å². The third-order valence-corrected chi connectivity index (χ3v) is 3.11. The third-order valence-electron chi connectivity index (χ3n) is 1.25. The molecule has 0 radical (unpaired) electrons. The number of carbonyl (C=O) groups excluding carboxylic acids is 1. The highest BCUT2D eigenvalue weighted by molar-refractivity contribution is 9.10. The molecule has 0 saturated heterocycles. The van der Waals surface area contributed by atoms with Gasteiger partial charge in [-0.3, -0.25) is 4.79 Å². The van der Waals surface area contributed by atoms with E-state index in [0.717, 1.165) is 4.47 Å². The number of rotatable bonds is 2. The van der Waals surface area contributed by atoms with Crippen molar-refractivity contribution >= 4 is 33.0 Å². The number of ketones is 1. The Balaban J connectivity index is 2.93. The van der Waals surface area contributed by atoms with E-state index in [1.165, 1.54) is 11.3 Å². The van der Waals surface area contributed by atoms with E-state index < -0.39 is 6.04 Å². The van der Waals surface area contributed by atoms with Crippen molar-refractivity contribution in [2.24, 2.45) is 5.73 Å². The monoisotopic (exact) mass is 233 g/mol. The molecule has 0 bridgehead atoms. The zero-order valence-electron chi connectivity index (χ0n) is 6.00. The molecule has 1 aromatic heterocycles. The van der Waals surface area contributed by atoms with Crippen LogP contribution in [-0.2, 0) is 0 Å². The van der Waals surface area contributed by atoms with E-state index >= 15 is 0 Å². The van der Waals surface area contributed by atoms with Gasteiger partial charge in [0.2, 0.25) is 0 Å². The van der Waals surface area contributed by atoms with Crippen LogP contribution in [0.15, 0.2) is 15.9 Å². The smallest absolute Gasteiger partial charge is 0.190 e. The minimum absolute atomic E-state index is 0.00752. The molecule has 1 heterocycles. The largest absolute Gasteiger partial charge is 0.321 e. The Hall–Kier alpha value is -0.190. The summed E-state index contributed by atoms with van der Waals surface area (Å²) in [6, 6.07) is 1.44. The second kappa shape index (κ2) is 3.47. The van der Waals surface area contributed by atoms with Gasteiger partial charge in [-0.2, -0.15) is 0 Å². The number of hydrogen-bond donors (Lipinski definition) is 1. The Labute approximate surface area is 77.5 Å². The summed E-state index contributed by atoms with van der Waals surface area (Å²) in [6.45, 7) is 1.69. The van der Waals surface area contributed by atoms with Crippen LogP contribution in [0.5, 0.6) is 0 Å². The predicted octanol–water partition coefficient (Wildman–Crippen LogP) is 2.04. The van der Waals surface area contributed by atoms with Gasteiger partial charge in [-0.25, -0.2) is 0 Å². The van der Waals surface area contributed by atoms with Gasteiger partial charge in [-0.15, -0.1) is 11.3 Å². The zero-order valence-corrected chi connectivity index (χ0v) is 8.41. The van der Waals surface area contributed by atoms with E-state index in [0.29, 0.717) is 4.88 Å². The van der Waals surface area contributed by atoms with Crippen LogP contribution in [0, 0.1) is 0 Å². The second-order valence-electron chi connectivity index (χ2n) is 2.25. The van der Waals surface area contributed by atoms with Crippen LogP contribution in [0.1, 0.15) is 16.6 Å². The van der Waals surface area contributed by atoms with Crippen LogP contribution in [0.25, 0.3) is 0 Å². The van der Waals surface area contributed by atoms with Crippen molar-refractivity contribution in [2.45, 2.75) is 13.0 Å². The highest BCUT2D eigenvalue weighted by Crippen LogP contribution is 2.23. The molecule has 0 spiro atoms. The fraction of sp³-hybridized carbons (Fsp3) is 0.286. The second-order valence-corrected chi connectivity index (χ2v) is 4.02. The maximum atomic E-state index is 11.3. The standard InChI is InChI=1S/C7H8BrNOS/c1-4(9)6(10)7-5(8)2-3-11-7/h2-4H,9H2,1H3/t4-/m1/s1. The Morgan fingerprint density at radius 1 is 1.82 bits per heavy atom. The highest BCUT2D eigenvalue weighted by Gasteiger charge is 2.14. The van der Waals surface area contributed by atoms with Crippen molar-refractivity contribution < 1.29 is 4.79 Å². The van der Waals surface area contributed by atoms with Gasteiger partial charge in [-0.1, -0.05) is 0 Å². The molecule has 60 valence electrons. The summed E-state index contributed by atoms with van der Waals surface area (Å²) in [6.07, 6.45) is 0. The fourth-order valence-corrected chi connectivity index (χ4v) is 2.28. The first kappa shape index (κ1) is 8.90. The summed E-state index contributed by atoms with van der Waals surface area (Å²) >= 11 is 4.68. The normalized spacial score (nSPS) is 13.0. The van der Waals surface area contributed by atoms with E-state index in [9.17, 15) is 4.79 Å². The molecule has 1 rings (SSSR count). The molecule has 0 saturated carbocycles. The SMILES string of the molecule is C[C@@H](N)C(=O)c1sccc1Br. The van der Waals surface area contributed by atoms with Crippen molar-refractivity contribution in [1.82, 2.24) is 0 Å². The lowest BCUT2D eigenvalue weighted by Gasteiger charge is -2.00. The lowest BCUT2D eigenvalue weighted by Crippen LogP contribution is -2.26. The van der Waals surface area contributed by atoms with E-state index in [-0.39, 0.29) is 5.78 Å². The number of nitrogens with two attached hydrogens (primary N) is 1. The van der Waals surface area contributed by atoms with Gasteiger partial charge in [0.1, 0.15) is 0 Å². The molecule has 0 unspecified atom stereocenters. The number of Topliss-reactive ketones (excluding diaryl/α,β-unsaturated/α-hetero) is 1. The molecule has 11 heavy (non-hydrogen) atoms. The van der Waals surface area contributed by atoms with Crippen molar-refractivity contribution in [3.05, 3.63) is 20.8 Å². The molecule has 2 nitrogen and oxygen atoms in total. The average molecular weight is 234 g/mol. The predicted molar refractivity (Wildman–Crippen MR) is 50.0 cm³/mol. The number of halogens is 1. The molecular formula is C7H8BrNOS. The summed E-state index contributed by atoms with van der Waals surface area (Å²) in [5.74, 6) is -0.00752. The Kier molecular flexibility index (Phi) is 2.81. The van der Waals surface area contributed by atoms with Gasteiger partial charge in [0.15, 0.2) is 5.78 Å². The lowest BCUT2D eigenvalue weighted by atomic mass is 10.2. The van der Waals surface area contributed by atoms with Gasteiger partial charge < -0.3 is 5.73 Å². The molecular weight excluding hydrogens is 226 g/mol. The van der Waals surface area contributed by atoms with Gasteiger partial charge in [-0.05, 0) is 34.3 Å². The third kappa shape index (κ3) is 1.89. The minimum atomic E-state index is -0.412. The minimum Gasteiger partial charge on any atom is -0.321 e. The molecule has 2 N–H and O–H groups in total. The molecule has 0 aliphatic carbocycles. The fourth-order valence-electron chi connectivity index (χ4n) is 0.676. The number of thiophene rings is 1. The number of carbonyl (C=O) groups is 1. The molecule has 0 amide bonds. The zero-order chi connectivity index (χ0) is 8.43. The number of hydrogen-bond acceptors (Lipinski definition) is 3. The highest BCUT2D eigenvalue weighted by atomic mass is 79.9. The Bertz CT molecular complexity index is 269. The van der Waals surface area contributed by atoms with Crippen LogP contribution in [0.4, 0.5) is 0 Å². The molecule has 1 atom stereocenters. The first-order chi connectivity index (χ1) is 5.13. The molecule has 0 fully saturated rings. The molecule has 0 aliphatic rings. The summed E-state index contributed by atoms with van der Waals surface area (Å²) in [5.41, 5.74) is 5.43. The van der Waals surface area contributed by atoms with Crippen molar-refractivity contribution in [2.75, 3.05) is 0 Å². The Morgan fingerprint density at radius 3 is 2.82 bits per heavy atom. The van der Waals surface area contributed by atoms with E-state index in [1.54, 1.807) is 6.92 Å². The summed E-state index contributed by atoms with van der Waals surface area (Å²) in [7, 11) is 0. The molecule has 4 heteroatoms. The van der Waals surface area contributed by atoms with E-state index in [2.05, 4.69) is 15.9 Å². The van der Waals surface area contributed by atoms with Crippen LogP contribution in [0.2, 0.25) is 0 Å². The van der Waals surface area contributed by atoms with Gasteiger partial charge in [0.25, 0.3) is 0 Å². The summed E-state index contributed by atoms with van der Waals surface area (Å²) in [4.78, 5) is 12.0. The molecule has 0 aromatic carbocycles. The van der Waals surface area contributed by atoms with Gasteiger partial charge >= 0.3 is 0 Å². The van der Waals surface area contributed by atoms with E-state index in [1.807, 2.05) is 11.4 Å². The van der Waals surface area contributed by atoms with Crippen LogP contribution in [-0.4, -0.2) is 11.8 Å². The topological polar surface area (TPSA) is 43.1 Å². The van der Waals surface area contributed by atoms with Crippen LogP contribution >= 0.6 is 27.3 Å². The molecule has 0 aliphatic heterocycles. The first-order valence-electron chi connectivity index (χ1n) is 3.15. The van der Waals surface area contributed by atoms with Crippen LogP contribution in [0.3, 0.4) is 0 Å². The van der Waals surface area contributed by atoms with E-state index in [4.69, 9.17) is 5.73 Å². The Morgan fingerprint density at radius 2 is 2.45 bits per heavy atom.